The van der Waals surface area contributed by atoms with Crippen LogP contribution in [-0.4, -0.2) is 58.1 Å². The number of anilines is 3. The van der Waals surface area contributed by atoms with Crippen molar-refractivity contribution < 1.29 is 4.79 Å². The first-order valence-corrected chi connectivity index (χ1v) is 11.0. The van der Waals surface area contributed by atoms with E-state index in [2.05, 4.69) is 55.3 Å². The van der Waals surface area contributed by atoms with Crippen molar-refractivity contribution in [3.05, 3.63) is 36.3 Å². The Bertz CT molecular complexity index is 1090. The van der Waals surface area contributed by atoms with E-state index in [9.17, 15) is 4.79 Å². The zero-order valence-electron chi connectivity index (χ0n) is 17.9. The SMILES string of the molecule is CC[C@H](C)[C@@H]1CNC(=O)c2cc3cnc(Nc4ccc(N5CCNCC5)cn4)nc3n21. The van der Waals surface area contributed by atoms with Crippen molar-refractivity contribution in [1.29, 1.82) is 0 Å². The number of piperazine rings is 1. The summed E-state index contributed by atoms with van der Waals surface area (Å²) in [4.78, 5) is 28.5. The zero-order valence-corrected chi connectivity index (χ0v) is 17.9. The molecular formula is C22H28N8O. The van der Waals surface area contributed by atoms with Gasteiger partial charge in [0.1, 0.15) is 17.2 Å². The molecule has 162 valence electrons. The minimum absolute atomic E-state index is 0.0581. The molecule has 0 spiro atoms. The standard InChI is InChI=1S/C22H28N8O/c1-3-14(2)18-13-25-21(31)17-10-15-11-26-22(28-20(15)30(17)18)27-19-5-4-16(12-24-19)29-8-6-23-7-9-29/h4-5,10-12,14,18,23H,3,6-9,13H2,1-2H3,(H,25,31)(H,24,26,27,28)/t14-,18-/m0/s1. The van der Waals surface area contributed by atoms with E-state index in [0.29, 0.717) is 29.9 Å². The molecule has 0 saturated carbocycles. The lowest BCUT2D eigenvalue weighted by atomic mass is 9.97. The third-order valence-corrected chi connectivity index (χ3v) is 6.38. The molecule has 3 aromatic heterocycles. The third kappa shape index (κ3) is 3.69. The van der Waals surface area contributed by atoms with Crippen LogP contribution in [0.25, 0.3) is 11.0 Å². The van der Waals surface area contributed by atoms with E-state index in [-0.39, 0.29) is 11.9 Å². The van der Waals surface area contributed by atoms with Crippen LogP contribution >= 0.6 is 0 Å². The molecule has 0 aliphatic carbocycles. The highest BCUT2D eigenvalue weighted by Gasteiger charge is 2.30. The minimum Gasteiger partial charge on any atom is -0.368 e. The molecule has 9 heteroatoms. The van der Waals surface area contributed by atoms with Crippen LogP contribution in [0.5, 0.6) is 0 Å². The molecule has 5 rings (SSSR count). The van der Waals surface area contributed by atoms with E-state index < -0.39 is 0 Å². The van der Waals surface area contributed by atoms with Crippen molar-refractivity contribution in [2.75, 3.05) is 42.9 Å². The topological polar surface area (TPSA) is 100 Å². The highest BCUT2D eigenvalue weighted by Crippen LogP contribution is 2.31. The summed E-state index contributed by atoms with van der Waals surface area (Å²) in [6, 6.07) is 6.08. The molecule has 0 radical (unpaired) electrons. The predicted molar refractivity (Wildman–Crippen MR) is 121 cm³/mol. The van der Waals surface area contributed by atoms with Gasteiger partial charge in [-0.1, -0.05) is 20.3 Å². The fourth-order valence-corrected chi connectivity index (χ4v) is 4.37. The Kier molecular flexibility index (Phi) is 5.19. The molecule has 0 bridgehead atoms. The monoisotopic (exact) mass is 420 g/mol. The van der Waals surface area contributed by atoms with Gasteiger partial charge in [-0.05, 0) is 24.1 Å². The summed E-state index contributed by atoms with van der Waals surface area (Å²) in [7, 11) is 0. The smallest absolute Gasteiger partial charge is 0.268 e. The van der Waals surface area contributed by atoms with Crippen molar-refractivity contribution in [3.63, 3.8) is 0 Å². The van der Waals surface area contributed by atoms with Gasteiger partial charge >= 0.3 is 0 Å². The van der Waals surface area contributed by atoms with Gasteiger partial charge in [-0.25, -0.2) is 9.97 Å². The number of pyridine rings is 1. The molecule has 0 unspecified atom stereocenters. The summed E-state index contributed by atoms with van der Waals surface area (Å²) >= 11 is 0. The Balaban J connectivity index is 1.43. The third-order valence-electron chi connectivity index (χ3n) is 6.38. The lowest BCUT2D eigenvalue weighted by molar-refractivity contribution is 0.0904. The Labute approximate surface area is 181 Å². The van der Waals surface area contributed by atoms with Crippen LogP contribution in [0.3, 0.4) is 0 Å². The largest absolute Gasteiger partial charge is 0.368 e. The second-order valence-electron chi connectivity index (χ2n) is 8.30. The van der Waals surface area contributed by atoms with Crippen LogP contribution in [0, 0.1) is 5.92 Å². The molecule has 1 fully saturated rings. The number of aromatic nitrogens is 4. The van der Waals surface area contributed by atoms with Crippen LogP contribution in [0.2, 0.25) is 0 Å². The van der Waals surface area contributed by atoms with Crippen LogP contribution < -0.4 is 20.9 Å². The molecule has 1 saturated heterocycles. The van der Waals surface area contributed by atoms with E-state index in [4.69, 9.17) is 4.98 Å². The van der Waals surface area contributed by atoms with Gasteiger partial charge in [0.2, 0.25) is 5.95 Å². The normalized spacial score (nSPS) is 19.7. The molecule has 2 atom stereocenters. The Morgan fingerprint density at radius 3 is 2.81 bits per heavy atom. The van der Waals surface area contributed by atoms with Crippen molar-refractivity contribution in [1.82, 2.24) is 30.2 Å². The van der Waals surface area contributed by atoms with E-state index in [1.807, 2.05) is 18.3 Å². The van der Waals surface area contributed by atoms with Crippen LogP contribution in [0.1, 0.15) is 36.8 Å². The number of hydrogen-bond acceptors (Lipinski definition) is 7. The number of nitrogens with one attached hydrogen (secondary N) is 3. The van der Waals surface area contributed by atoms with Gasteiger partial charge < -0.3 is 25.4 Å². The van der Waals surface area contributed by atoms with Crippen molar-refractivity contribution in [2.45, 2.75) is 26.3 Å². The van der Waals surface area contributed by atoms with Crippen LogP contribution in [-0.2, 0) is 0 Å². The van der Waals surface area contributed by atoms with Gasteiger partial charge in [-0.3, -0.25) is 4.79 Å². The second kappa shape index (κ2) is 8.14. The molecule has 3 N–H and O–H groups in total. The highest BCUT2D eigenvalue weighted by molar-refractivity contribution is 5.98. The second-order valence-corrected chi connectivity index (χ2v) is 8.30. The van der Waals surface area contributed by atoms with E-state index in [1.165, 1.54) is 0 Å². The van der Waals surface area contributed by atoms with E-state index in [0.717, 1.165) is 49.3 Å². The molecule has 2 aliphatic heterocycles. The Morgan fingerprint density at radius 2 is 2.06 bits per heavy atom. The van der Waals surface area contributed by atoms with Gasteiger partial charge in [-0.2, -0.15) is 4.98 Å². The number of nitrogens with zero attached hydrogens (tertiary/aromatic N) is 5. The maximum atomic E-state index is 12.4. The predicted octanol–water partition coefficient (Wildman–Crippen LogP) is 2.31. The molecule has 1 amide bonds. The maximum absolute atomic E-state index is 12.4. The Hall–Kier alpha value is -3.20. The molecule has 3 aromatic rings. The summed E-state index contributed by atoms with van der Waals surface area (Å²) in [5.74, 6) is 1.53. The van der Waals surface area contributed by atoms with Crippen molar-refractivity contribution in [3.8, 4) is 0 Å². The van der Waals surface area contributed by atoms with E-state index in [1.54, 1.807) is 6.20 Å². The van der Waals surface area contributed by atoms with Crippen LogP contribution in [0.15, 0.2) is 30.6 Å². The average Bonchev–Trinajstić information content (AvgIpc) is 3.20. The number of hydrogen-bond donors (Lipinski definition) is 3. The molecule has 2 aliphatic rings. The summed E-state index contributed by atoms with van der Waals surface area (Å²) in [6.45, 7) is 8.95. The molecule has 0 aromatic carbocycles. The lowest BCUT2D eigenvalue weighted by Gasteiger charge is -2.31. The fourth-order valence-electron chi connectivity index (χ4n) is 4.37. The van der Waals surface area contributed by atoms with E-state index >= 15 is 0 Å². The first kappa shape index (κ1) is 19.7. The van der Waals surface area contributed by atoms with Gasteiger partial charge in [0.15, 0.2) is 0 Å². The molecule has 5 heterocycles. The van der Waals surface area contributed by atoms with Gasteiger partial charge in [-0.15, -0.1) is 0 Å². The quantitative estimate of drug-likeness (QED) is 0.582. The minimum atomic E-state index is -0.0581. The number of amides is 1. The summed E-state index contributed by atoms with van der Waals surface area (Å²) < 4.78 is 2.08. The maximum Gasteiger partial charge on any atom is 0.268 e. The first-order chi connectivity index (χ1) is 15.1. The fraction of sp³-hybridized carbons (Fsp3) is 0.455. The number of fused-ring (bicyclic) bond motifs is 3. The summed E-state index contributed by atoms with van der Waals surface area (Å²) in [5, 5.41) is 10.5. The van der Waals surface area contributed by atoms with Crippen LogP contribution in [0.4, 0.5) is 17.5 Å². The zero-order chi connectivity index (χ0) is 21.4. The number of rotatable bonds is 5. The van der Waals surface area contributed by atoms with Crippen molar-refractivity contribution in [2.24, 2.45) is 5.92 Å². The molecule has 9 nitrogen and oxygen atoms in total. The van der Waals surface area contributed by atoms with Gasteiger partial charge in [0.25, 0.3) is 5.91 Å². The summed E-state index contributed by atoms with van der Waals surface area (Å²) in [6.07, 6.45) is 4.68. The lowest BCUT2D eigenvalue weighted by Crippen LogP contribution is -2.43. The number of carbonyl (C=O) groups excluding carboxylic acids is 1. The van der Waals surface area contributed by atoms with Crippen molar-refractivity contribution >= 4 is 34.4 Å². The average molecular weight is 421 g/mol. The summed E-state index contributed by atoms with van der Waals surface area (Å²) in [5.41, 5.74) is 2.55. The molecule has 31 heavy (non-hydrogen) atoms. The van der Waals surface area contributed by atoms with Gasteiger partial charge in [0, 0.05) is 44.3 Å². The number of carbonyl (C=O) groups is 1. The highest BCUT2D eigenvalue weighted by atomic mass is 16.2. The first-order valence-electron chi connectivity index (χ1n) is 11.0. The van der Waals surface area contributed by atoms with Gasteiger partial charge in [0.05, 0.1) is 17.9 Å². The Morgan fingerprint density at radius 1 is 1.23 bits per heavy atom. The molecular weight excluding hydrogens is 392 g/mol.